The Balaban J connectivity index is 1.47. The Kier molecular flexibility index (Phi) is 5.99. The van der Waals surface area contributed by atoms with Gasteiger partial charge in [0.25, 0.3) is 5.91 Å². The standard InChI is InChI=1S/C22H16Br2N2O2S/c1-28-20-16(10-15(23)11-17(20)24)21(27)25-12-13-6-8-14(9-7-13)22-26-18-4-2-3-5-19(18)29-22/h2-11H,12H2,1H3,(H,25,27). The number of carbonyl (C=O) groups is 1. The van der Waals surface area contributed by atoms with Gasteiger partial charge >= 0.3 is 0 Å². The summed E-state index contributed by atoms with van der Waals surface area (Å²) in [6, 6.07) is 19.8. The van der Waals surface area contributed by atoms with E-state index in [4.69, 9.17) is 4.74 Å². The van der Waals surface area contributed by atoms with Crippen LogP contribution in [0.2, 0.25) is 0 Å². The Morgan fingerprint density at radius 3 is 2.59 bits per heavy atom. The Hall–Kier alpha value is -2.22. The molecule has 3 aromatic carbocycles. The fourth-order valence-electron chi connectivity index (χ4n) is 2.97. The summed E-state index contributed by atoms with van der Waals surface area (Å²) in [5, 5.41) is 3.94. The molecule has 0 spiro atoms. The Bertz CT molecular complexity index is 1160. The number of methoxy groups -OCH3 is 1. The van der Waals surface area contributed by atoms with E-state index in [0.717, 1.165) is 30.6 Å². The molecule has 0 bridgehead atoms. The molecule has 29 heavy (non-hydrogen) atoms. The van der Waals surface area contributed by atoms with E-state index in [-0.39, 0.29) is 5.91 Å². The second-order valence-electron chi connectivity index (χ2n) is 6.33. The van der Waals surface area contributed by atoms with Gasteiger partial charge < -0.3 is 10.1 Å². The molecule has 0 fully saturated rings. The average Bonchev–Trinajstić information content (AvgIpc) is 3.16. The molecule has 0 radical (unpaired) electrons. The first-order chi connectivity index (χ1) is 14.0. The topological polar surface area (TPSA) is 51.2 Å². The Morgan fingerprint density at radius 1 is 1.10 bits per heavy atom. The van der Waals surface area contributed by atoms with Crippen molar-refractivity contribution in [2.75, 3.05) is 7.11 Å². The molecule has 4 nitrogen and oxygen atoms in total. The van der Waals surface area contributed by atoms with Crippen molar-refractivity contribution in [2.45, 2.75) is 6.54 Å². The van der Waals surface area contributed by atoms with Gasteiger partial charge in [-0.3, -0.25) is 4.79 Å². The molecular formula is C22H16Br2N2O2S. The van der Waals surface area contributed by atoms with E-state index in [2.05, 4.69) is 48.2 Å². The summed E-state index contributed by atoms with van der Waals surface area (Å²) in [5.41, 5.74) is 3.56. The summed E-state index contributed by atoms with van der Waals surface area (Å²) in [6.45, 7) is 0.423. The van der Waals surface area contributed by atoms with Gasteiger partial charge in [0.2, 0.25) is 0 Å². The molecule has 0 aliphatic heterocycles. The highest BCUT2D eigenvalue weighted by atomic mass is 79.9. The van der Waals surface area contributed by atoms with Gasteiger partial charge in [-0.1, -0.05) is 52.3 Å². The van der Waals surface area contributed by atoms with Crippen molar-refractivity contribution in [3.8, 4) is 16.3 Å². The molecule has 0 saturated carbocycles. The van der Waals surface area contributed by atoms with Crippen molar-refractivity contribution < 1.29 is 9.53 Å². The van der Waals surface area contributed by atoms with E-state index >= 15 is 0 Å². The molecule has 0 unspecified atom stereocenters. The third-order valence-corrected chi connectivity index (χ3v) is 6.54. The number of aromatic nitrogens is 1. The summed E-state index contributed by atoms with van der Waals surface area (Å²) in [5.74, 6) is 0.316. The molecule has 1 aromatic heterocycles. The van der Waals surface area contributed by atoms with E-state index in [9.17, 15) is 4.79 Å². The van der Waals surface area contributed by atoms with Gasteiger partial charge in [-0.05, 0) is 45.8 Å². The van der Waals surface area contributed by atoms with E-state index < -0.39 is 0 Å². The Morgan fingerprint density at radius 2 is 1.86 bits per heavy atom. The van der Waals surface area contributed by atoms with Crippen LogP contribution in [0.25, 0.3) is 20.8 Å². The molecule has 1 amide bonds. The zero-order valence-electron chi connectivity index (χ0n) is 15.4. The first kappa shape index (κ1) is 20.1. The fourth-order valence-corrected chi connectivity index (χ4v) is 5.33. The molecule has 1 heterocycles. The zero-order valence-corrected chi connectivity index (χ0v) is 19.4. The maximum atomic E-state index is 12.6. The largest absolute Gasteiger partial charge is 0.495 e. The van der Waals surface area contributed by atoms with Crippen molar-refractivity contribution in [1.82, 2.24) is 10.3 Å². The molecule has 1 N–H and O–H groups in total. The van der Waals surface area contributed by atoms with Gasteiger partial charge in [-0.15, -0.1) is 11.3 Å². The number of thiazole rings is 1. The molecular weight excluding hydrogens is 516 g/mol. The molecule has 4 rings (SSSR count). The minimum absolute atomic E-state index is 0.195. The number of ether oxygens (including phenoxy) is 1. The van der Waals surface area contributed by atoms with E-state index in [0.29, 0.717) is 17.9 Å². The molecule has 0 aliphatic carbocycles. The number of benzene rings is 3. The zero-order chi connectivity index (χ0) is 20.4. The Labute approximate surface area is 189 Å². The summed E-state index contributed by atoms with van der Waals surface area (Å²) in [6.07, 6.45) is 0. The van der Waals surface area contributed by atoms with Crippen LogP contribution in [0, 0.1) is 0 Å². The number of amides is 1. The van der Waals surface area contributed by atoms with Crippen molar-refractivity contribution in [3.63, 3.8) is 0 Å². The van der Waals surface area contributed by atoms with Crippen LogP contribution in [-0.2, 0) is 6.54 Å². The number of hydrogen-bond donors (Lipinski definition) is 1. The summed E-state index contributed by atoms with van der Waals surface area (Å²) >= 11 is 8.51. The number of hydrogen-bond acceptors (Lipinski definition) is 4. The summed E-state index contributed by atoms with van der Waals surface area (Å²) in [7, 11) is 1.55. The maximum Gasteiger partial charge on any atom is 0.255 e. The summed E-state index contributed by atoms with van der Waals surface area (Å²) < 4.78 is 8.06. The quantitative estimate of drug-likeness (QED) is 0.323. The first-order valence-corrected chi connectivity index (χ1v) is 11.2. The van der Waals surface area contributed by atoms with Crippen molar-refractivity contribution >= 4 is 59.3 Å². The van der Waals surface area contributed by atoms with E-state index in [1.54, 1.807) is 24.5 Å². The highest BCUT2D eigenvalue weighted by Gasteiger charge is 2.16. The molecule has 0 atom stereocenters. The predicted molar refractivity (Wildman–Crippen MR) is 125 cm³/mol. The third kappa shape index (κ3) is 4.37. The highest BCUT2D eigenvalue weighted by molar-refractivity contribution is 9.11. The lowest BCUT2D eigenvalue weighted by Crippen LogP contribution is -2.23. The van der Waals surface area contributed by atoms with E-state index in [1.807, 2.05) is 48.5 Å². The van der Waals surface area contributed by atoms with Gasteiger partial charge in [-0.2, -0.15) is 0 Å². The van der Waals surface area contributed by atoms with Crippen molar-refractivity contribution in [3.05, 3.63) is 80.7 Å². The minimum atomic E-state index is -0.195. The number of para-hydroxylation sites is 1. The lowest BCUT2D eigenvalue weighted by Gasteiger charge is -2.12. The van der Waals surface area contributed by atoms with E-state index in [1.165, 1.54) is 4.70 Å². The smallest absolute Gasteiger partial charge is 0.255 e. The van der Waals surface area contributed by atoms with Crippen LogP contribution in [0.5, 0.6) is 5.75 Å². The van der Waals surface area contributed by atoms with Crippen LogP contribution in [0.1, 0.15) is 15.9 Å². The molecule has 4 aromatic rings. The third-order valence-electron chi connectivity index (χ3n) is 4.40. The van der Waals surface area contributed by atoms with Crippen molar-refractivity contribution in [1.29, 1.82) is 0 Å². The molecule has 146 valence electrons. The van der Waals surface area contributed by atoms with Gasteiger partial charge in [0.1, 0.15) is 10.8 Å². The number of nitrogens with zero attached hydrogens (tertiary/aromatic N) is 1. The minimum Gasteiger partial charge on any atom is -0.495 e. The van der Waals surface area contributed by atoms with Crippen LogP contribution in [-0.4, -0.2) is 18.0 Å². The van der Waals surface area contributed by atoms with Gasteiger partial charge in [0, 0.05) is 16.6 Å². The number of rotatable bonds is 5. The summed E-state index contributed by atoms with van der Waals surface area (Å²) in [4.78, 5) is 17.3. The molecule has 0 saturated heterocycles. The lowest BCUT2D eigenvalue weighted by atomic mass is 10.1. The van der Waals surface area contributed by atoms with Gasteiger partial charge in [0.15, 0.2) is 0 Å². The average molecular weight is 532 g/mol. The van der Waals surface area contributed by atoms with Crippen LogP contribution in [0.4, 0.5) is 0 Å². The second-order valence-corrected chi connectivity index (χ2v) is 9.14. The van der Waals surface area contributed by atoms with Crippen LogP contribution >= 0.6 is 43.2 Å². The normalized spacial score (nSPS) is 10.9. The second kappa shape index (κ2) is 8.65. The fraction of sp³-hybridized carbons (Fsp3) is 0.0909. The van der Waals surface area contributed by atoms with Crippen molar-refractivity contribution in [2.24, 2.45) is 0 Å². The molecule has 7 heteroatoms. The number of fused-ring (bicyclic) bond motifs is 1. The van der Waals surface area contributed by atoms with Gasteiger partial charge in [0.05, 0.1) is 27.4 Å². The van der Waals surface area contributed by atoms with Crippen LogP contribution in [0.15, 0.2) is 69.6 Å². The highest BCUT2D eigenvalue weighted by Crippen LogP contribution is 2.33. The van der Waals surface area contributed by atoms with Gasteiger partial charge in [-0.25, -0.2) is 4.98 Å². The lowest BCUT2D eigenvalue weighted by molar-refractivity contribution is 0.0947. The SMILES string of the molecule is COc1c(Br)cc(Br)cc1C(=O)NCc1ccc(-c2nc3ccccc3s2)cc1. The monoisotopic (exact) mass is 530 g/mol. The van der Waals surface area contributed by atoms with Crippen LogP contribution in [0.3, 0.4) is 0 Å². The van der Waals surface area contributed by atoms with Crippen LogP contribution < -0.4 is 10.1 Å². The number of carbonyl (C=O) groups excluding carboxylic acids is 1. The molecule has 0 aliphatic rings. The maximum absolute atomic E-state index is 12.6. The predicted octanol–water partition coefficient (Wildman–Crippen LogP) is 6.43. The number of nitrogens with one attached hydrogen (secondary N) is 1. The number of halogens is 2. The first-order valence-electron chi connectivity index (χ1n) is 8.81.